The van der Waals surface area contributed by atoms with Crippen molar-refractivity contribution in [3.05, 3.63) is 30.1 Å². The lowest BCUT2D eigenvalue weighted by molar-refractivity contribution is -0.138. The van der Waals surface area contributed by atoms with Crippen molar-refractivity contribution in [2.45, 2.75) is 37.5 Å². The Hall–Kier alpha value is -1.46. The fraction of sp³-hybridized carbons (Fsp3) is 0.571. The van der Waals surface area contributed by atoms with Crippen LogP contribution in [0.1, 0.15) is 18.4 Å². The number of hydrogen-bond acceptors (Lipinski definition) is 4. The first kappa shape index (κ1) is 12.6. The summed E-state index contributed by atoms with van der Waals surface area (Å²) in [7, 11) is 0. The Morgan fingerprint density at radius 2 is 2.47 bits per heavy atom. The molecule has 0 bridgehead atoms. The summed E-state index contributed by atoms with van der Waals surface area (Å²) in [4.78, 5) is 16.0. The third-order valence-electron chi connectivity index (χ3n) is 4.09. The topological polar surface area (TPSA) is 77.2 Å². The van der Waals surface area contributed by atoms with Crippen molar-refractivity contribution in [1.29, 1.82) is 0 Å². The van der Waals surface area contributed by atoms with Gasteiger partial charge in [-0.25, -0.2) is 0 Å². The van der Waals surface area contributed by atoms with Crippen molar-refractivity contribution in [2.24, 2.45) is 11.7 Å². The van der Waals surface area contributed by atoms with Crippen LogP contribution in [0.3, 0.4) is 0 Å². The number of carbonyl (C=O) groups excluding carboxylic acids is 1. The summed E-state index contributed by atoms with van der Waals surface area (Å²) in [5.74, 6) is 0.401. The van der Waals surface area contributed by atoms with Gasteiger partial charge < -0.3 is 15.8 Å². The summed E-state index contributed by atoms with van der Waals surface area (Å²) < 4.78 is 5.70. The minimum absolute atomic E-state index is 0.0129. The lowest BCUT2D eigenvalue weighted by Crippen LogP contribution is -2.72. The molecule has 4 atom stereocenters. The Morgan fingerprint density at radius 3 is 3.26 bits per heavy atom. The van der Waals surface area contributed by atoms with Crippen LogP contribution in [-0.4, -0.2) is 35.7 Å². The summed E-state index contributed by atoms with van der Waals surface area (Å²) in [6.45, 7) is 0.781. The number of rotatable bonds is 3. The van der Waals surface area contributed by atoms with Gasteiger partial charge in [0.05, 0.1) is 18.6 Å². The van der Waals surface area contributed by atoms with E-state index in [1.54, 1.807) is 12.4 Å². The number of fused-ring (bicyclic) bond motifs is 1. The number of aromatic nitrogens is 1. The molecule has 19 heavy (non-hydrogen) atoms. The minimum atomic E-state index is -0.0329. The Labute approximate surface area is 112 Å². The normalized spacial score (nSPS) is 33.1. The minimum Gasteiger partial charge on any atom is -0.376 e. The molecule has 2 heterocycles. The number of pyridine rings is 1. The zero-order chi connectivity index (χ0) is 13.2. The Bertz CT molecular complexity index is 451. The van der Waals surface area contributed by atoms with E-state index in [-0.39, 0.29) is 24.1 Å². The van der Waals surface area contributed by atoms with Gasteiger partial charge in [0, 0.05) is 31.0 Å². The van der Waals surface area contributed by atoms with Crippen molar-refractivity contribution < 1.29 is 9.53 Å². The van der Waals surface area contributed by atoms with Crippen LogP contribution in [0.15, 0.2) is 24.5 Å². The maximum Gasteiger partial charge on any atom is 0.224 e. The molecular weight excluding hydrogens is 242 g/mol. The highest BCUT2D eigenvalue weighted by Gasteiger charge is 2.50. The van der Waals surface area contributed by atoms with Crippen molar-refractivity contribution in [3.63, 3.8) is 0 Å². The van der Waals surface area contributed by atoms with Gasteiger partial charge in [-0.15, -0.1) is 0 Å². The number of ether oxygens (including phenoxy) is 1. The van der Waals surface area contributed by atoms with Gasteiger partial charge in [-0.05, 0) is 24.5 Å². The van der Waals surface area contributed by atoms with E-state index in [0.29, 0.717) is 12.3 Å². The van der Waals surface area contributed by atoms with E-state index in [2.05, 4.69) is 10.3 Å². The van der Waals surface area contributed by atoms with E-state index in [9.17, 15) is 4.79 Å². The van der Waals surface area contributed by atoms with Crippen molar-refractivity contribution in [1.82, 2.24) is 10.3 Å². The van der Waals surface area contributed by atoms with E-state index in [4.69, 9.17) is 10.5 Å². The predicted molar refractivity (Wildman–Crippen MR) is 70.3 cm³/mol. The standard InChI is InChI=1S/C14H19N3O2/c15-12-10-4-2-6-19-14(10)13(12)17-11(18)7-9-3-1-5-16-8-9/h1,3,5,8,10,12-14H,2,4,6-7,15H2,(H,17,18). The van der Waals surface area contributed by atoms with Gasteiger partial charge in [-0.3, -0.25) is 9.78 Å². The van der Waals surface area contributed by atoms with Gasteiger partial charge >= 0.3 is 0 Å². The van der Waals surface area contributed by atoms with Crippen LogP contribution < -0.4 is 11.1 Å². The molecule has 1 saturated heterocycles. The second kappa shape index (κ2) is 5.27. The molecule has 3 N–H and O–H groups in total. The summed E-state index contributed by atoms with van der Waals surface area (Å²) >= 11 is 0. The van der Waals surface area contributed by atoms with Crippen LogP contribution in [0.5, 0.6) is 0 Å². The van der Waals surface area contributed by atoms with Gasteiger partial charge in [0.25, 0.3) is 0 Å². The van der Waals surface area contributed by atoms with Gasteiger partial charge in [0.1, 0.15) is 0 Å². The monoisotopic (exact) mass is 261 g/mol. The fourth-order valence-electron chi connectivity index (χ4n) is 3.05. The molecule has 1 aliphatic carbocycles. The molecule has 0 aromatic carbocycles. The summed E-state index contributed by atoms with van der Waals surface area (Å²) in [6.07, 6.45) is 6.05. The highest BCUT2D eigenvalue weighted by atomic mass is 16.5. The molecule has 5 nitrogen and oxygen atoms in total. The number of hydrogen-bond donors (Lipinski definition) is 2. The maximum absolute atomic E-state index is 12.0. The lowest BCUT2D eigenvalue weighted by atomic mass is 9.68. The van der Waals surface area contributed by atoms with Gasteiger partial charge in [0.15, 0.2) is 0 Å². The van der Waals surface area contributed by atoms with E-state index < -0.39 is 0 Å². The number of nitrogens with two attached hydrogens (primary N) is 1. The Balaban J connectivity index is 1.55. The molecule has 2 aliphatic rings. The Morgan fingerprint density at radius 1 is 1.58 bits per heavy atom. The highest BCUT2D eigenvalue weighted by molar-refractivity contribution is 5.79. The molecule has 1 aromatic heterocycles. The summed E-state index contributed by atoms with van der Waals surface area (Å²) in [5.41, 5.74) is 7.02. The molecule has 1 aromatic rings. The SMILES string of the molecule is NC1C2CCCOC2C1NC(=O)Cc1cccnc1. The van der Waals surface area contributed by atoms with Crippen LogP contribution >= 0.6 is 0 Å². The molecule has 0 radical (unpaired) electrons. The number of nitrogens with zero attached hydrogens (tertiary/aromatic N) is 1. The van der Waals surface area contributed by atoms with Crippen LogP contribution in [0.2, 0.25) is 0 Å². The van der Waals surface area contributed by atoms with E-state index in [1.165, 1.54) is 0 Å². The summed E-state index contributed by atoms with van der Waals surface area (Å²) in [5, 5.41) is 3.00. The molecule has 1 amide bonds. The average molecular weight is 261 g/mol. The second-order valence-corrected chi connectivity index (χ2v) is 5.35. The van der Waals surface area contributed by atoms with E-state index >= 15 is 0 Å². The molecule has 4 unspecified atom stereocenters. The molecular formula is C14H19N3O2. The first-order chi connectivity index (χ1) is 9.25. The zero-order valence-electron chi connectivity index (χ0n) is 10.8. The van der Waals surface area contributed by atoms with Crippen LogP contribution in [0.25, 0.3) is 0 Å². The fourth-order valence-corrected chi connectivity index (χ4v) is 3.05. The third kappa shape index (κ3) is 2.48. The van der Waals surface area contributed by atoms with Crippen LogP contribution in [0.4, 0.5) is 0 Å². The Kier molecular flexibility index (Phi) is 3.48. The largest absolute Gasteiger partial charge is 0.376 e. The van der Waals surface area contributed by atoms with Crippen molar-refractivity contribution in [2.75, 3.05) is 6.61 Å². The number of carbonyl (C=O) groups is 1. The highest BCUT2D eigenvalue weighted by Crippen LogP contribution is 2.36. The second-order valence-electron chi connectivity index (χ2n) is 5.35. The van der Waals surface area contributed by atoms with E-state index in [0.717, 1.165) is 25.0 Å². The van der Waals surface area contributed by atoms with Gasteiger partial charge in [-0.1, -0.05) is 6.07 Å². The molecule has 2 fully saturated rings. The molecule has 5 heteroatoms. The third-order valence-corrected chi connectivity index (χ3v) is 4.09. The smallest absolute Gasteiger partial charge is 0.224 e. The number of nitrogens with one attached hydrogen (secondary N) is 1. The predicted octanol–water partition coefficient (Wildman–Crippen LogP) is 0.245. The van der Waals surface area contributed by atoms with Crippen molar-refractivity contribution in [3.8, 4) is 0 Å². The van der Waals surface area contributed by atoms with Crippen molar-refractivity contribution >= 4 is 5.91 Å². The molecule has 3 rings (SSSR count). The maximum atomic E-state index is 12.0. The van der Waals surface area contributed by atoms with Crippen LogP contribution in [-0.2, 0) is 16.0 Å². The summed E-state index contributed by atoms with van der Waals surface area (Å²) in [6, 6.07) is 3.73. The molecule has 1 aliphatic heterocycles. The van der Waals surface area contributed by atoms with E-state index in [1.807, 2.05) is 12.1 Å². The molecule has 102 valence electrons. The first-order valence-corrected chi connectivity index (χ1v) is 6.81. The zero-order valence-corrected chi connectivity index (χ0v) is 10.8. The average Bonchev–Trinajstić information content (AvgIpc) is 2.45. The first-order valence-electron chi connectivity index (χ1n) is 6.81. The lowest BCUT2D eigenvalue weighted by Gasteiger charge is -2.52. The molecule has 1 saturated carbocycles. The quantitative estimate of drug-likeness (QED) is 0.817. The number of amides is 1. The van der Waals surface area contributed by atoms with Gasteiger partial charge in [0.2, 0.25) is 5.91 Å². The van der Waals surface area contributed by atoms with Crippen LogP contribution in [0, 0.1) is 5.92 Å². The molecule has 0 spiro atoms. The van der Waals surface area contributed by atoms with Gasteiger partial charge in [-0.2, -0.15) is 0 Å².